The monoisotopic (exact) mass is 216 g/mol. The van der Waals surface area contributed by atoms with E-state index in [0.29, 0.717) is 0 Å². The normalized spacial score (nSPS) is 1.33. The zero-order chi connectivity index (χ0) is 2.71. The molecular weight excluding hydrogens is 213 g/mol. The first-order valence-electron chi connectivity index (χ1n) is 0.408. The van der Waals surface area contributed by atoms with Gasteiger partial charge in [-0.3, -0.25) is 0 Å². The minimum absolute atomic E-state index is 0. The van der Waals surface area contributed by atoms with Crippen LogP contribution in [0.2, 0.25) is 0 Å². The van der Waals surface area contributed by atoms with E-state index in [9.17, 15) is 0 Å². The van der Waals surface area contributed by atoms with Gasteiger partial charge in [-0.05, 0) is 0 Å². The average molecular weight is 215 g/mol. The van der Waals surface area contributed by atoms with Crippen LogP contribution in [0.15, 0.2) is 0 Å². The summed E-state index contributed by atoms with van der Waals surface area (Å²) in [6.07, 6.45) is 0.250. The summed E-state index contributed by atoms with van der Waals surface area (Å²) in [7, 11) is 0. The number of hydrogen-bond acceptors (Lipinski definition) is 4. The molecule has 0 saturated heterocycles. The van der Waals surface area contributed by atoms with Gasteiger partial charge in [0.15, 0.2) is 0 Å². The van der Waals surface area contributed by atoms with Gasteiger partial charge < -0.3 is 11.0 Å². The van der Waals surface area contributed by atoms with Gasteiger partial charge in [-0.15, -0.1) is 0 Å². The summed E-state index contributed by atoms with van der Waals surface area (Å²) in [6, 6.07) is 0. The molecule has 0 aliphatic heterocycles. The van der Waals surface area contributed by atoms with Crippen LogP contribution in [0.25, 0.3) is 0 Å². The van der Waals surface area contributed by atoms with Gasteiger partial charge in [0.2, 0.25) is 0 Å². The van der Waals surface area contributed by atoms with Crippen LogP contribution in [0, 0.1) is 0 Å². The van der Waals surface area contributed by atoms with Crippen LogP contribution in [-0.2, 0) is 9.59 Å². The average Bonchev–Trinajstić information content (AvgIpc) is 0.918. The molecule has 0 aliphatic carbocycles. The largest absolute Gasteiger partial charge is 2.00 e. The molecule has 0 heterocycles. The van der Waals surface area contributed by atoms with Gasteiger partial charge in [0, 0.05) is 0 Å². The Kier molecular flexibility index (Phi) is 191. The Labute approximate surface area is 74.6 Å². The van der Waals surface area contributed by atoms with Crippen molar-refractivity contribution >= 4 is 55.0 Å². The van der Waals surface area contributed by atoms with Crippen LogP contribution < -0.4 is 0 Å². The first kappa shape index (κ1) is 28.7. The van der Waals surface area contributed by atoms with Gasteiger partial charge >= 0.3 is 55.0 Å². The molecule has 0 aromatic rings. The standard InChI is InChI=1S/CO2.Ba.2H2O/c2-1-3;;;/h;;2*1H2/q;+2;;/p-2. The molecule has 0 bridgehead atoms. The van der Waals surface area contributed by atoms with Gasteiger partial charge in [-0.25, -0.2) is 0 Å². The Morgan fingerprint density at radius 2 is 1.00 bits per heavy atom. The summed E-state index contributed by atoms with van der Waals surface area (Å²) in [5.41, 5.74) is 0. The van der Waals surface area contributed by atoms with Gasteiger partial charge in [0.1, 0.15) is 0 Å². The predicted octanol–water partition coefficient (Wildman–Crippen LogP) is -1.32. The zero-order valence-electron chi connectivity index (χ0n) is 2.92. The summed E-state index contributed by atoms with van der Waals surface area (Å²) in [6.45, 7) is 0. The molecule has 5 heteroatoms. The van der Waals surface area contributed by atoms with Crippen molar-refractivity contribution in [3.05, 3.63) is 0 Å². The van der Waals surface area contributed by atoms with Crippen molar-refractivity contribution in [1.29, 1.82) is 0 Å². The maximum atomic E-state index is 8.12. The number of carbonyl (C=O) groups excluding carboxylic acids is 2. The molecule has 6 heavy (non-hydrogen) atoms. The Bertz CT molecular complexity index is 28.5. The smallest absolute Gasteiger partial charge is 0.870 e. The van der Waals surface area contributed by atoms with Gasteiger partial charge in [0.05, 0.1) is 0 Å². The third kappa shape index (κ3) is 96.1. The first-order chi connectivity index (χ1) is 1.41. The molecule has 0 rings (SSSR count). The molecule has 0 aliphatic rings. The van der Waals surface area contributed by atoms with Crippen LogP contribution in [0.4, 0.5) is 0 Å². The van der Waals surface area contributed by atoms with Crippen LogP contribution >= 0.6 is 0 Å². The summed E-state index contributed by atoms with van der Waals surface area (Å²) in [5, 5.41) is 0. The summed E-state index contributed by atoms with van der Waals surface area (Å²) in [5.74, 6) is 0. The van der Waals surface area contributed by atoms with Crippen molar-refractivity contribution in [3.8, 4) is 0 Å². The van der Waals surface area contributed by atoms with E-state index < -0.39 is 0 Å². The molecule has 0 fully saturated rings. The summed E-state index contributed by atoms with van der Waals surface area (Å²) in [4.78, 5) is 16.2. The van der Waals surface area contributed by atoms with Crippen LogP contribution in [0.5, 0.6) is 0 Å². The van der Waals surface area contributed by atoms with E-state index in [1.165, 1.54) is 0 Å². The fraction of sp³-hybridized carbons (Fsp3) is 0. The molecular formula is CH2BaO4. The summed E-state index contributed by atoms with van der Waals surface area (Å²) >= 11 is 0. The van der Waals surface area contributed by atoms with Crippen LogP contribution in [-0.4, -0.2) is 66.0 Å². The number of rotatable bonds is 0. The predicted molar refractivity (Wildman–Crippen MR) is 14.6 cm³/mol. The molecule has 0 spiro atoms. The molecule has 4 nitrogen and oxygen atoms in total. The van der Waals surface area contributed by atoms with Crippen molar-refractivity contribution in [1.82, 2.24) is 0 Å². The van der Waals surface area contributed by atoms with E-state index in [1.54, 1.807) is 0 Å². The second-order valence-electron chi connectivity index (χ2n) is 0.0833. The topological polar surface area (TPSA) is 94.1 Å². The van der Waals surface area contributed by atoms with Crippen molar-refractivity contribution in [2.75, 3.05) is 0 Å². The van der Waals surface area contributed by atoms with E-state index in [0.717, 1.165) is 0 Å². The maximum Gasteiger partial charge on any atom is 2.00 e. The third-order valence-corrected chi connectivity index (χ3v) is 0. The Morgan fingerprint density at radius 3 is 1.00 bits per heavy atom. The maximum absolute atomic E-state index is 8.12. The first-order valence-corrected chi connectivity index (χ1v) is 0.408. The van der Waals surface area contributed by atoms with Crippen molar-refractivity contribution in [3.63, 3.8) is 0 Å². The van der Waals surface area contributed by atoms with Gasteiger partial charge in [-0.2, -0.15) is 9.59 Å². The Hall–Kier alpha value is 0.871. The van der Waals surface area contributed by atoms with Crippen molar-refractivity contribution in [2.45, 2.75) is 0 Å². The minimum atomic E-state index is 0. The zero-order valence-corrected chi connectivity index (χ0v) is 7.36. The summed E-state index contributed by atoms with van der Waals surface area (Å²) < 4.78 is 0. The molecule has 0 amide bonds. The fourth-order valence-electron chi connectivity index (χ4n) is 0. The molecule has 0 aromatic heterocycles. The molecule has 0 unspecified atom stereocenters. The number of hydrogen-bond donors (Lipinski definition) is 0. The van der Waals surface area contributed by atoms with Crippen molar-refractivity contribution in [2.24, 2.45) is 0 Å². The van der Waals surface area contributed by atoms with Crippen molar-refractivity contribution < 1.29 is 20.5 Å². The third-order valence-electron chi connectivity index (χ3n) is 0. The molecule has 0 atom stereocenters. The SMILES string of the molecule is O=C=O.[Ba+2].[OH-].[OH-]. The molecule has 0 aromatic carbocycles. The molecule has 32 valence electrons. The van der Waals surface area contributed by atoms with Crippen LogP contribution in [0.3, 0.4) is 0 Å². The van der Waals surface area contributed by atoms with E-state index in [-0.39, 0.29) is 66.0 Å². The van der Waals surface area contributed by atoms with E-state index >= 15 is 0 Å². The second kappa shape index (κ2) is 39.8. The second-order valence-corrected chi connectivity index (χ2v) is 0.0833. The fourth-order valence-corrected chi connectivity index (χ4v) is 0. The van der Waals surface area contributed by atoms with Crippen LogP contribution in [0.1, 0.15) is 0 Å². The Morgan fingerprint density at radius 1 is 1.00 bits per heavy atom. The molecule has 0 saturated carbocycles. The van der Waals surface area contributed by atoms with Gasteiger partial charge in [-0.1, -0.05) is 0 Å². The minimum Gasteiger partial charge on any atom is -0.870 e. The van der Waals surface area contributed by atoms with Gasteiger partial charge in [0.25, 0.3) is 0 Å². The van der Waals surface area contributed by atoms with E-state index in [1.807, 2.05) is 0 Å². The van der Waals surface area contributed by atoms with E-state index in [2.05, 4.69) is 0 Å². The quantitative estimate of drug-likeness (QED) is 0.468. The molecule has 2 N–H and O–H groups in total. The Balaban J connectivity index is -0.00000000667. The van der Waals surface area contributed by atoms with E-state index in [4.69, 9.17) is 9.59 Å². The molecule has 0 radical (unpaired) electrons.